The van der Waals surface area contributed by atoms with Crippen molar-refractivity contribution < 1.29 is 23.9 Å². The van der Waals surface area contributed by atoms with Crippen molar-refractivity contribution in [3.63, 3.8) is 0 Å². The Balaban J connectivity index is 1.97. The van der Waals surface area contributed by atoms with Gasteiger partial charge in [-0.05, 0) is 35.8 Å². The van der Waals surface area contributed by atoms with Crippen LogP contribution in [0.4, 0.5) is 5.69 Å². The first-order chi connectivity index (χ1) is 11.7. The Hall–Kier alpha value is -2.76. The van der Waals surface area contributed by atoms with Crippen LogP contribution in [0.25, 0.3) is 0 Å². The summed E-state index contributed by atoms with van der Waals surface area (Å²) < 4.78 is 4.61. The second-order valence-electron chi connectivity index (χ2n) is 6.83. The van der Waals surface area contributed by atoms with Gasteiger partial charge in [-0.25, -0.2) is 4.79 Å². The molecule has 0 aliphatic heterocycles. The van der Waals surface area contributed by atoms with E-state index in [-0.39, 0.29) is 29.8 Å². The molecule has 6 nitrogen and oxygen atoms in total. The molecular formula is C19H21NO5. The lowest BCUT2D eigenvalue weighted by atomic mass is 9.70. The molecule has 132 valence electrons. The van der Waals surface area contributed by atoms with E-state index in [1.807, 2.05) is 13.8 Å². The Morgan fingerprint density at radius 2 is 1.68 bits per heavy atom. The van der Waals surface area contributed by atoms with Crippen molar-refractivity contribution in [1.29, 1.82) is 0 Å². The molecule has 6 heteroatoms. The van der Waals surface area contributed by atoms with Gasteiger partial charge in [-0.1, -0.05) is 13.8 Å². The highest BCUT2D eigenvalue weighted by atomic mass is 16.5. The fraction of sp³-hybridized carbons (Fsp3) is 0.368. The van der Waals surface area contributed by atoms with E-state index in [4.69, 9.17) is 0 Å². The monoisotopic (exact) mass is 343 g/mol. The van der Waals surface area contributed by atoms with Gasteiger partial charge in [0.1, 0.15) is 5.92 Å². The van der Waals surface area contributed by atoms with Crippen molar-refractivity contribution in [2.75, 3.05) is 12.4 Å². The van der Waals surface area contributed by atoms with Crippen molar-refractivity contribution in [2.45, 2.75) is 26.7 Å². The van der Waals surface area contributed by atoms with Gasteiger partial charge >= 0.3 is 5.97 Å². The van der Waals surface area contributed by atoms with Gasteiger partial charge in [0.2, 0.25) is 0 Å². The summed E-state index contributed by atoms with van der Waals surface area (Å²) in [5, 5.41) is 2.87. The maximum absolute atomic E-state index is 12.2. The van der Waals surface area contributed by atoms with Crippen LogP contribution in [0.15, 0.2) is 36.5 Å². The molecule has 25 heavy (non-hydrogen) atoms. The van der Waals surface area contributed by atoms with E-state index in [1.54, 1.807) is 24.3 Å². The lowest BCUT2D eigenvalue weighted by molar-refractivity contribution is -0.143. The Bertz CT molecular complexity index is 711. The summed E-state index contributed by atoms with van der Waals surface area (Å²) in [6.07, 6.45) is 3.04. The highest BCUT2D eigenvalue weighted by Crippen LogP contribution is 2.34. The van der Waals surface area contributed by atoms with E-state index in [1.165, 1.54) is 19.4 Å². The molecule has 0 unspecified atom stereocenters. The number of hydrogen-bond donors (Lipinski definition) is 1. The zero-order valence-corrected chi connectivity index (χ0v) is 14.5. The van der Waals surface area contributed by atoms with Gasteiger partial charge in [0, 0.05) is 24.7 Å². The van der Waals surface area contributed by atoms with Crippen LogP contribution in [0.2, 0.25) is 0 Å². The predicted octanol–water partition coefficient (Wildman–Crippen LogP) is 2.54. The third-order valence-electron chi connectivity index (χ3n) is 4.04. The molecule has 1 aromatic rings. The first kappa shape index (κ1) is 18.6. The number of ether oxygens (including phenoxy) is 1. The van der Waals surface area contributed by atoms with Crippen LogP contribution in [-0.4, -0.2) is 30.4 Å². The Labute approximate surface area is 146 Å². The number of allylic oxidation sites excluding steroid dienone is 1. The van der Waals surface area contributed by atoms with Gasteiger partial charge in [-0.15, -0.1) is 0 Å². The minimum atomic E-state index is -1.19. The smallest absolute Gasteiger partial charge is 0.337 e. The van der Waals surface area contributed by atoms with Crippen molar-refractivity contribution in [3.8, 4) is 0 Å². The molecule has 2 rings (SSSR count). The lowest BCUT2D eigenvalue weighted by Crippen LogP contribution is -2.41. The number of nitrogens with one attached hydrogen (secondary N) is 1. The van der Waals surface area contributed by atoms with Crippen molar-refractivity contribution in [1.82, 2.24) is 0 Å². The number of hydrogen-bond acceptors (Lipinski definition) is 6. The molecule has 0 heterocycles. The predicted molar refractivity (Wildman–Crippen MR) is 92.1 cm³/mol. The number of rotatable bonds is 5. The molecular weight excluding hydrogens is 322 g/mol. The summed E-state index contributed by atoms with van der Waals surface area (Å²) in [4.78, 5) is 47.7. The number of ketones is 3. The first-order valence-corrected chi connectivity index (χ1v) is 7.94. The number of carbonyl (C=O) groups excluding carboxylic acids is 4. The molecule has 1 aliphatic rings. The zero-order chi connectivity index (χ0) is 18.6. The molecule has 0 bridgehead atoms. The second kappa shape index (κ2) is 7.42. The fourth-order valence-electron chi connectivity index (χ4n) is 2.84. The maximum atomic E-state index is 12.2. The number of anilines is 1. The Morgan fingerprint density at radius 3 is 2.20 bits per heavy atom. The highest BCUT2D eigenvalue weighted by molar-refractivity contribution is 6.23. The first-order valence-electron chi connectivity index (χ1n) is 7.94. The van der Waals surface area contributed by atoms with Crippen molar-refractivity contribution >= 4 is 29.0 Å². The van der Waals surface area contributed by atoms with Gasteiger partial charge in [0.05, 0.1) is 12.7 Å². The average Bonchev–Trinajstić information content (AvgIpc) is 2.53. The SMILES string of the molecule is COC(=O)c1ccc(N/C=C\C(=O)C2C(=O)CC(C)(C)CC2=O)cc1. The van der Waals surface area contributed by atoms with Gasteiger partial charge < -0.3 is 10.1 Å². The van der Waals surface area contributed by atoms with E-state index in [9.17, 15) is 19.2 Å². The summed E-state index contributed by atoms with van der Waals surface area (Å²) in [6, 6.07) is 6.47. The largest absolute Gasteiger partial charge is 0.465 e. The van der Waals surface area contributed by atoms with E-state index >= 15 is 0 Å². The van der Waals surface area contributed by atoms with E-state index in [0.29, 0.717) is 11.3 Å². The molecule has 0 aromatic heterocycles. The van der Waals surface area contributed by atoms with Gasteiger partial charge in [-0.2, -0.15) is 0 Å². The molecule has 0 atom stereocenters. The van der Waals surface area contributed by atoms with Crippen LogP contribution < -0.4 is 5.32 Å². The van der Waals surface area contributed by atoms with Crippen LogP contribution in [0.3, 0.4) is 0 Å². The normalized spacial score (nSPS) is 17.6. The molecule has 1 fully saturated rings. The molecule has 1 aliphatic carbocycles. The highest BCUT2D eigenvalue weighted by Gasteiger charge is 2.42. The molecule has 1 aromatic carbocycles. The summed E-state index contributed by atoms with van der Waals surface area (Å²) in [7, 11) is 1.30. The number of esters is 1. The van der Waals surface area contributed by atoms with Crippen molar-refractivity contribution in [3.05, 3.63) is 42.1 Å². The van der Waals surface area contributed by atoms with E-state index in [2.05, 4.69) is 10.1 Å². The van der Waals surface area contributed by atoms with E-state index < -0.39 is 17.7 Å². The molecule has 1 N–H and O–H groups in total. The third-order valence-corrected chi connectivity index (χ3v) is 4.04. The Kier molecular flexibility index (Phi) is 5.51. The molecule has 0 amide bonds. The summed E-state index contributed by atoms with van der Waals surface area (Å²) >= 11 is 0. The fourth-order valence-corrected chi connectivity index (χ4v) is 2.84. The lowest BCUT2D eigenvalue weighted by Gasteiger charge is -2.30. The van der Waals surface area contributed by atoms with Gasteiger partial charge in [0.15, 0.2) is 17.3 Å². The van der Waals surface area contributed by atoms with Crippen LogP contribution >= 0.6 is 0 Å². The quantitative estimate of drug-likeness (QED) is 0.502. The van der Waals surface area contributed by atoms with Gasteiger partial charge in [0.25, 0.3) is 0 Å². The number of benzene rings is 1. The number of Topliss-reactive ketones (excluding diaryl/α,β-unsaturated/α-hetero) is 2. The van der Waals surface area contributed by atoms with Gasteiger partial charge in [-0.3, -0.25) is 14.4 Å². The molecule has 1 saturated carbocycles. The van der Waals surface area contributed by atoms with Crippen LogP contribution in [0.1, 0.15) is 37.0 Å². The summed E-state index contributed by atoms with van der Waals surface area (Å²) in [5.74, 6) is -2.77. The summed E-state index contributed by atoms with van der Waals surface area (Å²) in [5.41, 5.74) is 0.683. The van der Waals surface area contributed by atoms with Crippen LogP contribution in [0, 0.1) is 11.3 Å². The standard InChI is InChI=1S/C19H21NO5/c1-19(2)10-15(22)17(16(23)11-19)14(21)8-9-20-13-6-4-12(5-7-13)18(24)25-3/h4-9,17,20H,10-11H2,1-3H3/b9-8-. The minimum absolute atomic E-state index is 0.228. The maximum Gasteiger partial charge on any atom is 0.337 e. The molecule has 0 saturated heterocycles. The number of methoxy groups -OCH3 is 1. The minimum Gasteiger partial charge on any atom is -0.465 e. The van der Waals surface area contributed by atoms with E-state index in [0.717, 1.165) is 0 Å². The van der Waals surface area contributed by atoms with Crippen LogP contribution in [0.5, 0.6) is 0 Å². The average molecular weight is 343 g/mol. The topological polar surface area (TPSA) is 89.5 Å². The molecule has 0 spiro atoms. The zero-order valence-electron chi connectivity index (χ0n) is 14.5. The van der Waals surface area contributed by atoms with Crippen LogP contribution in [-0.2, 0) is 19.1 Å². The summed E-state index contributed by atoms with van der Waals surface area (Å²) in [6.45, 7) is 3.69. The Morgan fingerprint density at radius 1 is 1.12 bits per heavy atom. The van der Waals surface area contributed by atoms with Crippen molar-refractivity contribution in [2.24, 2.45) is 11.3 Å². The second-order valence-corrected chi connectivity index (χ2v) is 6.83. The molecule has 0 radical (unpaired) electrons. The number of carbonyl (C=O) groups is 4. The third kappa shape index (κ3) is 4.62.